The Bertz CT molecular complexity index is 315. The number of hydrogen-bond acceptors (Lipinski definition) is 2. The SMILES string of the molecule is CCC(N)c1ccc(Cl)c(Cl)c1O. The first-order chi connectivity index (χ1) is 6.07. The van der Waals surface area contributed by atoms with Crippen molar-refractivity contribution < 1.29 is 5.11 Å². The summed E-state index contributed by atoms with van der Waals surface area (Å²) in [6, 6.07) is 3.13. The van der Waals surface area contributed by atoms with Crippen molar-refractivity contribution >= 4 is 23.2 Å². The minimum atomic E-state index is -0.199. The highest BCUT2D eigenvalue weighted by molar-refractivity contribution is 6.43. The third kappa shape index (κ3) is 2.08. The van der Waals surface area contributed by atoms with Crippen LogP contribution in [0.2, 0.25) is 10.0 Å². The molecule has 3 N–H and O–H groups in total. The first-order valence-corrected chi connectivity index (χ1v) is 4.76. The molecule has 1 aromatic rings. The van der Waals surface area contributed by atoms with Crippen molar-refractivity contribution in [3.8, 4) is 5.75 Å². The van der Waals surface area contributed by atoms with Gasteiger partial charge in [0.05, 0.1) is 5.02 Å². The minimum Gasteiger partial charge on any atom is -0.506 e. The minimum absolute atomic E-state index is 0.0106. The Kier molecular flexibility index (Phi) is 3.42. The number of phenols is 1. The smallest absolute Gasteiger partial charge is 0.140 e. The zero-order valence-corrected chi connectivity index (χ0v) is 8.73. The van der Waals surface area contributed by atoms with E-state index in [2.05, 4.69) is 0 Å². The van der Waals surface area contributed by atoms with Gasteiger partial charge in [0, 0.05) is 11.6 Å². The Hall–Kier alpha value is -0.440. The normalized spacial score (nSPS) is 12.9. The van der Waals surface area contributed by atoms with Crippen molar-refractivity contribution in [2.45, 2.75) is 19.4 Å². The Labute approximate surface area is 87.3 Å². The molecule has 0 aromatic heterocycles. The summed E-state index contributed by atoms with van der Waals surface area (Å²) in [7, 11) is 0. The number of nitrogens with two attached hydrogens (primary N) is 1. The Morgan fingerprint density at radius 2 is 2.08 bits per heavy atom. The Balaban J connectivity index is 3.18. The molecule has 0 saturated heterocycles. The predicted molar refractivity (Wildman–Crippen MR) is 55.3 cm³/mol. The zero-order chi connectivity index (χ0) is 10.0. The molecule has 0 aliphatic heterocycles. The van der Waals surface area contributed by atoms with Crippen molar-refractivity contribution in [2.75, 3.05) is 0 Å². The highest BCUT2D eigenvalue weighted by Gasteiger charge is 2.13. The van der Waals surface area contributed by atoms with Crippen LogP contribution < -0.4 is 5.73 Å². The molecule has 0 amide bonds. The molecule has 1 atom stereocenters. The molecule has 0 aliphatic carbocycles. The molecule has 0 aliphatic rings. The lowest BCUT2D eigenvalue weighted by Gasteiger charge is -2.12. The highest BCUT2D eigenvalue weighted by atomic mass is 35.5. The van der Waals surface area contributed by atoms with Crippen molar-refractivity contribution in [1.82, 2.24) is 0 Å². The molecule has 13 heavy (non-hydrogen) atoms. The molecule has 1 rings (SSSR count). The van der Waals surface area contributed by atoms with Crippen LogP contribution in [0.25, 0.3) is 0 Å². The van der Waals surface area contributed by atoms with Crippen LogP contribution in [0.5, 0.6) is 5.75 Å². The summed E-state index contributed by atoms with van der Waals surface area (Å²) in [6.07, 6.45) is 0.742. The van der Waals surface area contributed by atoms with E-state index in [0.29, 0.717) is 10.6 Å². The molecule has 0 bridgehead atoms. The van der Waals surface area contributed by atoms with Gasteiger partial charge >= 0.3 is 0 Å². The fourth-order valence-corrected chi connectivity index (χ4v) is 1.40. The van der Waals surface area contributed by atoms with E-state index in [1.807, 2.05) is 6.92 Å². The number of rotatable bonds is 2. The van der Waals surface area contributed by atoms with Crippen LogP contribution in [0.15, 0.2) is 12.1 Å². The number of phenolic OH excluding ortho intramolecular Hbond substituents is 1. The summed E-state index contributed by atoms with van der Waals surface area (Å²) in [5, 5.41) is 10.1. The third-order valence-electron chi connectivity index (χ3n) is 1.94. The Morgan fingerprint density at radius 1 is 1.46 bits per heavy atom. The maximum absolute atomic E-state index is 9.58. The van der Waals surface area contributed by atoms with Crippen molar-refractivity contribution in [1.29, 1.82) is 0 Å². The molecule has 0 spiro atoms. The van der Waals surface area contributed by atoms with Crippen LogP contribution >= 0.6 is 23.2 Å². The van der Waals surface area contributed by atoms with Gasteiger partial charge in [-0.2, -0.15) is 0 Å². The van der Waals surface area contributed by atoms with E-state index in [9.17, 15) is 5.11 Å². The van der Waals surface area contributed by atoms with Gasteiger partial charge in [-0.05, 0) is 12.5 Å². The lowest BCUT2D eigenvalue weighted by Crippen LogP contribution is -2.08. The third-order valence-corrected chi connectivity index (χ3v) is 2.73. The lowest BCUT2D eigenvalue weighted by atomic mass is 10.0. The summed E-state index contributed by atoms with van der Waals surface area (Å²) < 4.78 is 0. The maximum Gasteiger partial charge on any atom is 0.140 e. The summed E-state index contributed by atoms with van der Waals surface area (Å²) >= 11 is 11.4. The average molecular weight is 220 g/mol. The largest absolute Gasteiger partial charge is 0.506 e. The average Bonchev–Trinajstić information content (AvgIpc) is 2.13. The first kappa shape index (κ1) is 10.6. The van der Waals surface area contributed by atoms with Crippen LogP contribution in [0, 0.1) is 0 Å². The van der Waals surface area contributed by atoms with Gasteiger partial charge in [-0.1, -0.05) is 36.2 Å². The number of hydrogen-bond donors (Lipinski definition) is 2. The van der Waals surface area contributed by atoms with Crippen LogP contribution in [0.3, 0.4) is 0 Å². The quantitative estimate of drug-likeness (QED) is 0.804. The standard InChI is InChI=1S/C9H11Cl2NO/c1-2-7(12)5-3-4-6(10)8(11)9(5)13/h3-4,7,13H,2,12H2,1H3. The summed E-state index contributed by atoms with van der Waals surface area (Å²) in [5.74, 6) is -0.0106. The van der Waals surface area contributed by atoms with Gasteiger partial charge in [-0.3, -0.25) is 0 Å². The molecule has 1 aromatic carbocycles. The number of aromatic hydroxyl groups is 1. The monoisotopic (exact) mass is 219 g/mol. The highest BCUT2D eigenvalue weighted by Crippen LogP contribution is 2.36. The van der Waals surface area contributed by atoms with Gasteiger partial charge in [0.15, 0.2) is 0 Å². The first-order valence-electron chi connectivity index (χ1n) is 4.00. The Morgan fingerprint density at radius 3 is 2.62 bits per heavy atom. The lowest BCUT2D eigenvalue weighted by molar-refractivity contribution is 0.460. The molecule has 72 valence electrons. The van der Waals surface area contributed by atoms with Gasteiger partial charge in [-0.15, -0.1) is 0 Å². The zero-order valence-electron chi connectivity index (χ0n) is 7.22. The summed E-state index contributed by atoms with van der Waals surface area (Å²) in [6.45, 7) is 1.94. The van der Waals surface area contributed by atoms with E-state index in [1.165, 1.54) is 0 Å². The number of halogens is 2. The van der Waals surface area contributed by atoms with Crippen LogP contribution in [0.1, 0.15) is 24.9 Å². The molecular formula is C9H11Cl2NO. The number of benzene rings is 1. The van der Waals surface area contributed by atoms with E-state index < -0.39 is 0 Å². The van der Waals surface area contributed by atoms with E-state index >= 15 is 0 Å². The molecular weight excluding hydrogens is 209 g/mol. The topological polar surface area (TPSA) is 46.2 Å². The van der Waals surface area contributed by atoms with Crippen LogP contribution in [-0.2, 0) is 0 Å². The second kappa shape index (κ2) is 4.18. The van der Waals surface area contributed by atoms with E-state index in [4.69, 9.17) is 28.9 Å². The van der Waals surface area contributed by atoms with Crippen molar-refractivity contribution in [2.24, 2.45) is 5.73 Å². The molecule has 4 heteroatoms. The second-order valence-corrected chi connectivity index (χ2v) is 3.60. The van der Waals surface area contributed by atoms with Gasteiger partial charge in [-0.25, -0.2) is 0 Å². The fourth-order valence-electron chi connectivity index (χ4n) is 1.07. The second-order valence-electron chi connectivity index (χ2n) is 2.81. The van der Waals surface area contributed by atoms with Crippen LogP contribution in [-0.4, -0.2) is 5.11 Å². The summed E-state index contributed by atoms with van der Waals surface area (Å²) in [4.78, 5) is 0. The fraction of sp³-hybridized carbons (Fsp3) is 0.333. The van der Waals surface area contributed by atoms with Crippen LogP contribution in [0.4, 0.5) is 0 Å². The van der Waals surface area contributed by atoms with Gasteiger partial charge in [0.2, 0.25) is 0 Å². The molecule has 0 heterocycles. The van der Waals surface area contributed by atoms with Crippen molar-refractivity contribution in [3.63, 3.8) is 0 Å². The summed E-state index contributed by atoms with van der Waals surface area (Å²) in [5.41, 5.74) is 6.39. The van der Waals surface area contributed by atoms with E-state index in [0.717, 1.165) is 6.42 Å². The molecule has 0 saturated carbocycles. The molecule has 2 nitrogen and oxygen atoms in total. The maximum atomic E-state index is 9.58. The molecule has 1 unspecified atom stereocenters. The van der Waals surface area contributed by atoms with Gasteiger partial charge in [0.1, 0.15) is 10.8 Å². The molecule has 0 fully saturated rings. The van der Waals surface area contributed by atoms with E-state index in [1.54, 1.807) is 12.1 Å². The van der Waals surface area contributed by atoms with Gasteiger partial charge < -0.3 is 10.8 Å². The van der Waals surface area contributed by atoms with Crippen molar-refractivity contribution in [3.05, 3.63) is 27.7 Å². The predicted octanol–water partition coefficient (Wildman–Crippen LogP) is 3.11. The molecule has 0 radical (unpaired) electrons. The van der Waals surface area contributed by atoms with Gasteiger partial charge in [0.25, 0.3) is 0 Å². The van der Waals surface area contributed by atoms with E-state index in [-0.39, 0.29) is 16.8 Å².